The van der Waals surface area contributed by atoms with E-state index in [0.29, 0.717) is 5.88 Å². The first-order valence-electron chi connectivity index (χ1n) is 4.29. The second-order valence-corrected chi connectivity index (χ2v) is 5.76. The summed E-state index contributed by atoms with van der Waals surface area (Å²) in [5, 5.41) is 1.20. The molecule has 0 spiro atoms. The van der Waals surface area contributed by atoms with E-state index < -0.39 is 0 Å². The molecule has 0 atom stereocenters. The molecule has 0 aromatic carbocycles. The topological polar surface area (TPSA) is 12.9 Å². The van der Waals surface area contributed by atoms with Gasteiger partial charge in [0.05, 0.1) is 5.88 Å². The van der Waals surface area contributed by atoms with Crippen LogP contribution in [0, 0.1) is 5.92 Å². The number of halogens is 1. The number of hydrogen-bond acceptors (Lipinski definition) is 3. The molecule has 74 valence electrons. The monoisotopic (exact) mass is 235 g/mol. The Labute approximate surface area is 92.9 Å². The first kappa shape index (κ1) is 11.3. The van der Waals surface area contributed by atoms with E-state index in [1.54, 1.807) is 11.3 Å². The molecule has 1 nitrogen and oxygen atoms in total. The second-order valence-electron chi connectivity index (χ2n) is 3.26. The minimum atomic E-state index is 0.590. The Morgan fingerprint density at radius 3 is 2.92 bits per heavy atom. The van der Waals surface area contributed by atoms with Crippen LogP contribution in [0.1, 0.15) is 23.7 Å². The number of rotatable bonds is 5. The summed E-state index contributed by atoms with van der Waals surface area (Å²) in [6.45, 7) is 4.47. The molecular weight excluding hydrogens is 222 g/mol. The van der Waals surface area contributed by atoms with Gasteiger partial charge in [-0.25, -0.2) is 4.98 Å². The van der Waals surface area contributed by atoms with Gasteiger partial charge >= 0.3 is 0 Å². The Morgan fingerprint density at radius 2 is 2.38 bits per heavy atom. The first-order chi connectivity index (χ1) is 6.22. The molecule has 0 aliphatic heterocycles. The molecule has 4 heteroatoms. The molecule has 0 aliphatic rings. The van der Waals surface area contributed by atoms with E-state index >= 15 is 0 Å². The highest BCUT2D eigenvalue weighted by Crippen LogP contribution is 2.21. The number of thiazole rings is 1. The molecule has 0 radical (unpaired) electrons. The molecule has 0 unspecified atom stereocenters. The molecule has 0 amide bonds. The SMILES string of the molecule is CC(C)CSCc1ncc(CCl)s1. The van der Waals surface area contributed by atoms with E-state index in [4.69, 9.17) is 11.6 Å². The molecule has 13 heavy (non-hydrogen) atoms. The van der Waals surface area contributed by atoms with Crippen LogP contribution < -0.4 is 0 Å². The summed E-state index contributed by atoms with van der Waals surface area (Å²) in [5.74, 6) is 3.58. The summed E-state index contributed by atoms with van der Waals surface area (Å²) in [7, 11) is 0. The van der Waals surface area contributed by atoms with Crippen LogP contribution in [0.3, 0.4) is 0 Å². The maximum atomic E-state index is 5.69. The number of thioether (sulfide) groups is 1. The molecule has 1 aromatic heterocycles. The highest BCUT2D eigenvalue weighted by atomic mass is 35.5. The fourth-order valence-corrected chi connectivity index (χ4v) is 2.98. The van der Waals surface area contributed by atoms with Crippen molar-refractivity contribution in [2.24, 2.45) is 5.92 Å². The molecule has 0 saturated carbocycles. The van der Waals surface area contributed by atoms with Crippen molar-refractivity contribution in [1.29, 1.82) is 0 Å². The Kier molecular flexibility index (Phi) is 5.14. The Hall–Kier alpha value is 0.270. The minimum Gasteiger partial charge on any atom is -0.248 e. The second kappa shape index (κ2) is 5.89. The Bertz CT molecular complexity index is 248. The summed E-state index contributed by atoms with van der Waals surface area (Å²) in [6.07, 6.45) is 1.88. The summed E-state index contributed by atoms with van der Waals surface area (Å²) >= 11 is 9.35. The molecule has 0 N–H and O–H groups in total. The van der Waals surface area contributed by atoms with Crippen LogP contribution in [0.2, 0.25) is 0 Å². The van der Waals surface area contributed by atoms with Gasteiger partial charge < -0.3 is 0 Å². The molecular formula is C9H14ClNS2. The average molecular weight is 236 g/mol. The van der Waals surface area contributed by atoms with E-state index in [-0.39, 0.29) is 0 Å². The van der Waals surface area contributed by atoms with Gasteiger partial charge in [0.25, 0.3) is 0 Å². The lowest BCUT2D eigenvalue weighted by Gasteiger charge is -2.01. The van der Waals surface area contributed by atoms with Crippen molar-refractivity contribution in [1.82, 2.24) is 4.98 Å². The van der Waals surface area contributed by atoms with E-state index in [0.717, 1.165) is 11.7 Å². The third kappa shape index (κ3) is 4.34. The molecule has 1 heterocycles. The highest BCUT2D eigenvalue weighted by Gasteiger charge is 2.01. The van der Waals surface area contributed by atoms with Crippen molar-refractivity contribution < 1.29 is 0 Å². The summed E-state index contributed by atoms with van der Waals surface area (Å²) in [5.41, 5.74) is 0. The lowest BCUT2D eigenvalue weighted by molar-refractivity contribution is 0.750. The summed E-state index contributed by atoms with van der Waals surface area (Å²) in [6, 6.07) is 0. The zero-order chi connectivity index (χ0) is 9.68. The molecule has 0 fully saturated rings. The summed E-state index contributed by atoms with van der Waals surface area (Å²) in [4.78, 5) is 5.47. The first-order valence-corrected chi connectivity index (χ1v) is 6.80. The largest absolute Gasteiger partial charge is 0.248 e. The predicted octanol–water partition coefficient (Wildman–Crippen LogP) is 3.77. The van der Waals surface area contributed by atoms with Crippen LogP contribution in [-0.2, 0) is 11.6 Å². The summed E-state index contributed by atoms with van der Waals surface area (Å²) < 4.78 is 0. The normalized spacial score (nSPS) is 11.1. The molecule has 0 bridgehead atoms. The zero-order valence-electron chi connectivity index (χ0n) is 7.92. The lowest BCUT2D eigenvalue weighted by Crippen LogP contribution is -1.90. The van der Waals surface area contributed by atoms with E-state index in [9.17, 15) is 0 Å². The van der Waals surface area contributed by atoms with Crippen molar-refractivity contribution in [2.75, 3.05) is 5.75 Å². The third-order valence-electron chi connectivity index (χ3n) is 1.41. The van der Waals surface area contributed by atoms with Crippen molar-refractivity contribution in [2.45, 2.75) is 25.5 Å². The van der Waals surface area contributed by atoms with Crippen LogP contribution in [-0.4, -0.2) is 10.7 Å². The smallest absolute Gasteiger partial charge is 0.103 e. The standard InChI is InChI=1S/C9H14ClNS2/c1-7(2)5-12-6-9-11-4-8(3-10)13-9/h4,7H,3,5-6H2,1-2H3. The number of aromatic nitrogens is 1. The van der Waals surface area contributed by atoms with Gasteiger partial charge in [-0.2, -0.15) is 11.8 Å². The average Bonchev–Trinajstić information content (AvgIpc) is 2.52. The molecule has 0 saturated heterocycles. The number of hydrogen-bond donors (Lipinski definition) is 0. The van der Waals surface area contributed by atoms with Gasteiger partial charge in [0.2, 0.25) is 0 Å². The van der Waals surface area contributed by atoms with Gasteiger partial charge in [-0.1, -0.05) is 13.8 Å². The zero-order valence-corrected chi connectivity index (χ0v) is 10.3. The molecule has 1 rings (SSSR count). The van der Waals surface area contributed by atoms with Crippen LogP contribution in [0.5, 0.6) is 0 Å². The van der Waals surface area contributed by atoms with E-state index in [1.807, 2.05) is 18.0 Å². The Morgan fingerprint density at radius 1 is 1.62 bits per heavy atom. The highest BCUT2D eigenvalue weighted by molar-refractivity contribution is 7.98. The van der Waals surface area contributed by atoms with Crippen LogP contribution >= 0.6 is 34.7 Å². The maximum absolute atomic E-state index is 5.69. The van der Waals surface area contributed by atoms with Gasteiger partial charge in [0.15, 0.2) is 0 Å². The van der Waals surface area contributed by atoms with Crippen LogP contribution in [0.15, 0.2) is 6.20 Å². The quantitative estimate of drug-likeness (QED) is 0.721. The van der Waals surface area contributed by atoms with E-state index in [2.05, 4.69) is 18.8 Å². The van der Waals surface area contributed by atoms with Gasteiger partial charge in [-0.15, -0.1) is 22.9 Å². The van der Waals surface area contributed by atoms with Gasteiger partial charge in [0, 0.05) is 16.8 Å². The lowest BCUT2D eigenvalue weighted by atomic mass is 10.3. The minimum absolute atomic E-state index is 0.590. The fraction of sp³-hybridized carbons (Fsp3) is 0.667. The molecule has 1 aromatic rings. The van der Waals surface area contributed by atoms with E-state index in [1.165, 1.54) is 15.6 Å². The van der Waals surface area contributed by atoms with Gasteiger partial charge in [0.1, 0.15) is 5.01 Å². The van der Waals surface area contributed by atoms with Crippen molar-refractivity contribution in [3.8, 4) is 0 Å². The third-order valence-corrected chi connectivity index (χ3v) is 4.42. The molecule has 0 aliphatic carbocycles. The van der Waals surface area contributed by atoms with Gasteiger partial charge in [-0.3, -0.25) is 0 Å². The van der Waals surface area contributed by atoms with Crippen LogP contribution in [0.25, 0.3) is 0 Å². The number of alkyl halides is 1. The van der Waals surface area contributed by atoms with Crippen molar-refractivity contribution in [3.05, 3.63) is 16.1 Å². The van der Waals surface area contributed by atoms with Gasteiger partial charge in [-0.05, 0) is 11.7 Å². The van der Waals surface area contributed by atoms with Crippen molar-refractivity contribution >= 4 is 34.7 Å². The maximum Gasteiger partial charge on any atom is 0.103 e. The number of nitrogens with zero attached hydrogens (tertiary/aromatic N) is 1. The van der Waals surface area contributed by atoms with Crippen molar-refractivity contribution in [3.63, 3.8) is 0 Å². The van der Waals surface area contributed by atoms with Crippen LogP contribution in [0.4, 0.5) is 0 Å². The fourth-order valence-electron chi connectivity index (χ4n) is 0.858. The Balaban J connectivity index is 2.28. The predicted molar refractivity (Wildman–Crippen MR) is 62.7 cm³/mol.